The number of thioether (sulfide) groups is 1. The van der Waals surface area contributed by atoms with E-state index in [-0.39, 0.29) is 5.91 Å². The Hall–Kier alpha value is -2.22. The van der Waals surface area contributed by atoms with E-state index in [0.29, 0.717) is 12.3 Å². The molecular formula is C22H18BrN3OS2. The van der Waals surface area contributed by atoms with Gasteiger partial charge in [-0.25, -0.2) is 9.97 Å². The van der Waals surface area contributed by atoms with E-state index in [1.807, 2.05) is 30.3 Å². The number of carbonyl (C=O) groups excluding carboxylic acids is 1. The predicted molar refractivity (Wildman–Crippen MR) is 124 cm³/mol. The summed E-state index contributed by atoms with van der Waals surface area (Å²) in [6.07, 6.45) is 2.40. The van der Waals surface area contributed by atoms with E-state index >= 15 is 0 Å². The molecule has 4 rings (SSSR count). The zero-order valence-corrected chi connectivity index (χ0v) is 18.7. The van der Waals surface area contributed by atoms with Crippen molar-refractivity contribution in [2.75, 3.05) is 12.3 Å². The zero-order valence-electron chi connectivity index (χ0n) is 15.5. The SMILES string of the molecule is O=C(CSc1ncnc2scc(-c3ccc(Br)cc3)c12)NCCc1ccccc1. The Bertz CT molecular complexity index is 1110. The molecule has 0 fully saturated rings. The summed E-state index contributed by atoms with van der Waals surface area (Å²) in [4.78, 5) is 22.1. The smallest absolute Gasteiger partial charge is 0.230 e. The van der Waals surface area contributed by atoms with Crippen LogP contribution in [0.25, 0.3) is 21.3 Å². The van der Waals surface area contributed by atoms with Crippen LogP contribution in [0.1, 0.15) is 5.56 Å². The van der Waals surface area contributed by atoms with Crippen LogP contribution < -0.4 is 5.32 Å². The average molecular weight is 484 g/mol. The summed E-state index contributed by atoms with van der Waals surface area (Å²) in [7, 11) is 0. The molecule has 4 aromatic rings. The minimum atomic E-state index is 0.0121. The monoisotopic (exact) mass is 483 g/mol. The van der Waals surface area contributed by atoms with Crippen LogP contribution in [0.4, 0.5) is 0 Å². The van der Waals surface area contributed by atoms with E-state index in [1.54, 1.807) is 17.7 Å². The molecule has 0 aliphatic heterocycles. The second-order valence-corrected chi connectivity index (χ2v) is 9.13. The molecule has 0 saturated carbocycles. The molecule has 146 valence electrons. The number of benzene rings is 2. The molecule has 0 aliphatic rings. The Morgan fingerprint density at radius 3 is 2.66 bits per heavy atom. The maximum atomic E-state index is 12.3. The highest BCUT2D eigenvalue weighted by atomic mass is 79.9. The van der Waals surface area contributed by atoms with E-state index in [9.17, 15) is 4.79 Å². The topological polar surface area (TPSA) is 54.9 Å². The Morgan fingerprint density at radius 1 is 1.07 bits per heavy atom. The molecule has 0 spiro atoms. The van der Waals surface area contributed by atoms with Gasteiger partial charge in [0.1, 0.15) is 16.2 Å². The van der Waals surface area contributed by atoms with Crippen LogP contribution in [-0.4, -0.2) is 28.2 Å². The first-order chi connectivity index (χ1) is 14.2. The molecule has 2 heterocycles. The van der Waals surface area contributed by atoms with Gasteiger partial charge < -0.3 is 5.32 Å². The van der Waals surface area contributed by atoms with Crippen molar-refractivity contribution in [3.63, 3.8) is 0 Å². The summed E-state index contributed by atoms with van der Waals surface area (Å²) in [5, 5.41) is 6.95. The minimum Gasteiger partial charge on any atom is -0.355 e. The van der Waals surface area contributed by atoms with Crippen LogP contribution in [0.5, 0.6) is 0 Å². The lowest BCUT2D eigenvalue weighted by atomic mass is 10.1. The summed E-state index contributed by atoms with van der Waals surface area (Å²) >= 11 is 6.53. The van der Waals surface area contributed by atoms with E-state index in [4.69, 9.17) is 0 Å². The molecule has 0 radical (unpaired) electrons. The molecule has 0 bridgehead atoms. The second-order valence-electron chi connectivity index (χ2n) is 6.39. The number of hydrogen-bond donors (Lipinski definition) is 1. The molecule has 0 atom stereocenters. The summed E-state index contributed by atoms with van der Waals surface area (Å²) < 4.78 is 1.04. The third-order valence-electron chi connectivity index (χ3n) is 4.41. The second kappa shape index (κ2) is 9.52. The van der Waals surface area contributed by atoms with Gasteiger partial charge in [0.25, 0.3) is 0 Å². The number of amides is 1. The van der Waals surface area contributed by atoms with Gasteiger partial charge in [-0.2, -0.15) is 0 Å². The number of nitrogens with one attached hydrogen (secondary N) is 1. The van der Waals surface area contributed by atoms with Gasteiger partial charge in [0.05, 0.1) is 11.1 Å². The van der Waals surface area contributed by atoms with Crippen molar-refractivity contribution in [1.29, 1.82) is 0 Å². The molecule has 1 amide bonds. The molecule has 4 nitrogen and oxygen atoms in total. The number of thiophene rings is 1. The maximum absolute atomic E-state index is 12.3. The molecule has 29 heavy (non-hydrogen) atoms. The summed E-state index contributed by atoms with van der Waals surface area (Å²) in [6.45, 7) is 0.630. The third-order valence-corrected chi connectivity index (χ3v) is 6.81. The van der Waals surface area contributed by atoms with Gasteiger partial charge in [-0.05, 0) is 29.7 Å². The third kappa shape index (κ3) is 5.04. The molecule has 7 heteroatoms. The van der Waals surface area contributed by atoms with Gasteiger partial charge in [-0.1, -0.05) is 70.2 Å². The predicted octanol–water partition coefficient (Wildman–Crippen LogP) is 5.57. The molecule has 1 N–H and O–H groups in total. The lowest BCUT2D eigenvalue weighted by molar-refractivity contribution is -0.118. The normalized spacial score (nSPS) is 10.9. The fourth-order valence-corrected chi connectivity index (χ4v) is 5.06. The first-order valence-electron chi connectivity index (χ1n) is 9.12. The van der Waals surface area contributed by atoms with E-state index < -0.39 is 0 Å². The summed E-state index contributed by atoms with van der Waals surface area (Å²) in [5.74, 6) is 0.342. The Labute approximate surface area is 185 Å². The Balaban J connectivity index is 1.43. The average Bonchev–Trinajstić information content (AvgIpc) is 3.18. The van der Waals surface area contributed by atoms with Crippen molar-refractivity contribution < 1.29 is 4.79 Å². The molecule has 2 aromatic heterocycles. The highest BCUT2D eigenvalue weighted by Crippen LogP contribution is 2.38. The molecule has 2 aromatic carbocycles. The maximum Gasteiger partial charge on any atom is 0.230 e. The van der Waals surface area contributed by atoms with Gasteiger partial charge in [0.15, 0.2) is 0 Å². The van der Waals surface area contributed by atoms with E-state index in [0.717, 1.165) is 37.3 Å². The highest BCUT2D eigenvalue weighted by molar-refractivity contribution is 9.10. The summed E-state index contributed by atoms with van der Waals surface area (Å²) in [5.41, 5.74) is 3.43. The number of aromatic nitrogens is 2. The zero-order chi connectivity index (χ0) is 20.1. The van der Waals surface area contributed by atoms with Gasteiger partial charge in [-0.15, -0.1) is 11.3 Å². The lowest BCUT2D eigenvalue weighted by Crippen LogP contribution is -2.27. The largest absolute Gasteiger partial charge is 0.355 e. The minimum absolute atomic E-state index is 0.0121. The van der Waals surface area contributed by atoms with Crippen molar-refractivity contribution in [1.82, 2.24) is 15.3 Å². The van der Waals surface area contributed by atoms with Crippen LogP contribution in [0.2, 0.25) is 0 Å². The Kier molecular flexibility index (Phi) is 6.59. The molecule has 0 aliphatic carbocycles. The number of nitrogens with zero attached hydrogens (tertiary/aromatic N) is 2. The number of hydrogen-bond acceptors (Lipinski definition) is 5. The van der Waals surface area contributed by atoms with Gasteiger partial charge in [0.2, 0.25) is 5.91 Å². The van der Waals surface area contributed by atoms with Gasteiger partial charge in [-0.3, -0.25) is 4.79 Å². The van der Waals surface area contributed by atoms with Gasteiger partial charge >= 0.3 is 0 Å². The Morgan fingerprint density at radius 2 is 1.86 bits per heavy atom. The van der Waals surface area contributed by atoms with Crippen molar-refractivity contribution in [3.8, 4) is 11.1 Å². The molecular weight excluding hydrogens is 466 g/mol. The van der Waals surface area contributed by atoms with E-state index in [1.165, 1.54) is 17.3 Å². The van der Waals surface area contributed by atoms with Crippen molar-refractivity contribution in [2.45, 2.75) is 11.4 Å². The van der Waals surface area contributed by atoms with Crippen LogP contribution in [0.15, 0.2) is 75.8 Å². The van der Waals surface area contributed by atoms with E-state index in [2.05, 4.69) is 60.9 Å². The van der Waals surface area contributed by atoms with Crippen LogP contribution >= 0.6 is 39.0 Å². The summed E-state index contributed by atoms with van der Waals surface area (Å²) in [6, 6.07) is 18.3. The molecule has 0 saturated heterocycles. The van der Waals surface area contributed by atoms with Crippen LogP contribution in [0.3, 0.4) is 0 Å². The fraction of sp³-hybridized carbons (Fsp3) is 0.136. The standard InChI is InChI=1S/C22H18BrN3OS2/c23-17-8-6-16(7-9-17)18-12-28-21-20(18)22(26-14-25-21)29-13-19(27)24-11-10-15-4-2-1-3-5-15/h1-9,12,14H,10-11,13H2,(H,24,27). The quantitative estimate of drug-likeness (QED) is 0.275. The number of fused-ring (bicyclic) bond motifs is 1. The van der Waals surface area contributed by atoms with Crippen LogP contribution in [0, 0.1) is 0 Å². The van der Waals surface area contributed by atoms with Crippen molar-refractivity contribution >= 4 is 55.2 Å². The highest BCUT2D eigenvalue weighted by Gasteiger charge is 2.14. The first kappa shape index (κ1) is 20.1. The van der Waals surface area contributed by atoms with Gasteiger partial charge in [0, 0.05) is 22.0 Å². The molecule has 0 unspecified atom stereocenters. The fourth-order valence-electron chi connectivity index (χ4n) is 2.97. The number of carbonyl (C=O) groups is 1. The number of rotatable bonds is 7. The van der Waals surface area contributed by atoms with Crippen molar-refractivity contribution in [2.24, 2.45) is 0 Å². The first-order valence-corrected chi connectivity index (χ1v) is 11.8. The lowest BCUT2D eigenvalue weighted by Gasteiger charge is -2.07. The van der Waals surface area contributed by atoms with Crippen LogP contribution in [-0.2, 0) is 11.2 Å². The number of halogens is 1. The van der Waals surface area contributed by atoms with Crippen molar-refractivity contribution in [3.05, 3.63) is 76.3 Å².